The van der Waals surface area contributed by atoms with Crippen molar-refractivity contribution in [3.63, 3.8) is 0 Å². The van der Waals surface area contributed by atoms with E-state index in [2.05, 4.69) is 5.10 Å². The van der Waals surface area contributed by atoms with Gasteiger partial charge in [-0.05, 0) is 15.9 Å². The first-order chi connectivity index (χ1) is 7.10. The van der Waals surface area contributed by atoms with E-state index < -0.39 is 7.60 Å². The van der Waals surface area contributed by atoms with Crippen molar-refractivity contribution in [3.8, 4) is 0 Å². The molecule has 0 saturated carbocycles. The van der Waals surface area contributed by atoms with Crippen molar-refractivity contribution in [2.24, 2.45) is 0 Å². The number of nitrogen functional groups attached to an aromatic ring is 1. The number of nitrogens with zero attached hydrogens (tertiary/aromatic N) is 2. The van der Waals surface area contributed by atoms with Crippen LogP contribution in [0.25, 0.3) is 4.14 Å². The summed E-state index contributed by atoms with van der Waals surface area (Å²) in [5.41, 5.74) is 5.96. The summed E-state index contributed by atoms with van der Waals surface area (Å²) >= 11 is 2.73. The van der Waals surface area contributed by atoms with Gasteiger partial charge in [-0.1, -0.05) is 11.3 Å². The number of aromatic nitrogens is 2. The van der Waals surface area contributed by atoms with Gasteiger partial charge >= 0.3 is 17.2 Å². The van der Waals surface area contributed by atoms with Crippen molar-refractivity contribution in [2.75, 3.05) is 20.0 Å². The van der Waals surface area contributed by atoms with Gasteiger partial charge in [0.25, 0.3) is 5.13 Å². The first-order valence-corrected chi connectivity index (χ1v) is 7.12. The molecular formula is C6H9N3O3PS2+. The Morgan fingerprint density at radius 1 is 1.53 bits per heavy atom. The lowest BCUT2D eigenvalue weighted by Crippen LogP contribution is -2.38. The van der Waals surface area contributed by atoms with Gasteiger partial charge in [0, 0.05) is 19.3 Å². The zero-order chi connectivity index (χ0) is 11.1. The van der Waals surface area contributed by atoms with Crippen LogP contribution in [0.1, 0.15) is 0 Å². The lowest BCUT2D eigenvalue weighted by atomic mass is 11.0. The van der Waals surface area contributed by atoms with E-state index in [0.29, 0.717) is 10.6 Å². The van der Waals surface area contributed by atoms with Gasteiger partial charge in [0.15, 0.2) is 0 Å². The fourth-order valence-electron chi connectivity index (χ4n) is 1.11. The smallest absolute Gasteiger partial charge is 0.370 e. The maximum absolute atomic E-state index is 12.1. The van der Waals surface area contributed by atoms with Crippen LogP contribution in [-0.2, 0) is 13.6 Å². The number of thiazole rings is 1. The third-order valence-electron chi connectivity index (χ3n) is 1.81. The highest BCUT2D eigenvalue weighted by molar-refractivity contribution is 7.62. The first-order valence-electron chi connectivity index (χ1n) is 3.88. The second-order valence-corrected chi connectivity index (χ2v) is 6.88. The molecule has 2 rings (SSSR count). The van der Waals surface area contributed by atoms with Crippen LogP contribution >= 0.6 is 30.3 Å². The van der Waals surface area contributed by atoms with Crippen molar-refractivity contribution >= 4 is 45.0 Å². The van der Waals surface area contributed by atoms with Crippen LogP contribution < -0.4 is 15.7 Å². The van der Waals surface area contributed by atoms with E-state index >= 15 is 0 Å². The Bertz CT molecular complexity index is 529. The number of anilines is 1. The Morgan fingerprint density at radius 3 is 2.80 bits per heavy atom. The van der Waals surface area contributed by atoms with E-state index in [-0.39, 0.29) is 0 Å². The van der Waals surface area contributed by atoms with Gasteiger partial charge in [-0.2, -0.15) is 0 Å². The molecule has 82 valence electrons. The lowest BCUT2D eigenvalue weighted by Gasteiger charge is -2.05. The molecule has 0 saturated heterocycles. The Morgan fingerprint density at radius 2 is 2.20 bits per heavy atom. The summed E-state index contributed by atoms with van der Waals surface area (Å²) in [6.45, 7) is 0. The van der Waals surface area contributed by atoms with Gasteiger partial charge in [-0.15, -0.1) is 0 Å². The standard InChI is InChI=1S/C6H9N3O3PS2/c1-11-13(10,12-2)4-3-14-6-9(4)8-5(7)15-6/h3H,1-2H3,(H2,7,8)/q+1. The number of hydrogen-bond acceptors (Lipinski definition) is 7. The summed E-state index contributed by atoms with van der Waals surface area (Å²) in [4.78, 5) is 0. The third kappa shape index (κ3) is 1.68. The molecule has 0 unspecified atom stereocenters. The molecule has 2 N–H and O–H groups in total. The number of fused-ring (bicyclic) bond motifs is 1. The first kappa shape index (κ1) is 11.0. The quantitative estimate of drug-likeness (QED) is 0.651. The van der Waals surface area contributed by atoms with E-state index in [0.717, 1.165) is 4.14 Å². The van der Waals surface area contributed by atoms with Gasteiger partial charge in [-0.25, -0.2) is 4.57 Å². The Labute approximate surface area is 93.8 Å². The average Bonchev–Trinajstić information content (AvgIpc) is 2.75. The molecule has 0 spiro atoms. The molecule has 6 nitrogen and oxygen atoms in total. The van der Waals surface area contributed by atoms with Crippen LogP contribution in [0.5, 0.6) is 0 Å². The second-order valence-electron chi connectivity index (χ2n) is 2.57. The van der Waals surface area contributed by atoms with Crippen molar-refractivity contribution in [3.05, 3.63) is 5.38 Å². The Balaban J connectivity index is 2.65. The molecule has 0 amide bonds. The summed E-state index contributed by atoms with van der Waals surface area (Å²) < 4.78 is 24.2. The molecule has 0 aromatic carbocycles. The molecule has 15 heavy (non-hydrogen) atoms. The lowest BCUT2D eigenvalue weighted by molar-refractivity contribution is -0.552. The molecule has 9 heteroatoms. The normalized spacial score (nSPS) is 12.4. The topological polar surface area (TPSA) is 78.5 Å². The summed E-state index contributed by atoms with van der Waals surface area (Å²) in [5.74, 6) is 0. The maximum Gasteiger partial charge on any atom is 0.428 e. The van der Waals surface area contributed by atoms with Crippen LogP contribution in [0.15, 0.2) is 5.38 Å². The monoisotopic (exact) mass is 266 g/mol. The summed E-state index contributed by atoms with van der Waals surface area (Å²) in [6.07, 6.45) is 0. The van der Waals surface area contributed by atoms with Gasteiger partial charge in [0.05, 0.1) is 5.38 Å². The summed E-state index contributed by atoms with van der Waals surface area (Å²) in [5, 5.41) is 6.15. The van der Waals surface area contributed by atoms with Crippen LogP contribution in [0.4, 0.5) is 5.13 Å². The number of hydrogen-bond donors (Lipinski definition) is 1. The predicted molar refractivity (Wildman–Crippen MR) is 58.8 cm³/mol. The molecule has 0 fully saturated rings. The molecule has 2 aromatic rings. The average molecular weight is 266 g/mol. The minimum absolute atomic E-state index is 0.403. The van der Waals surface area contributed by atoms with E-state index in [1.165, 1.54) is 41.4 Å². The van der Waals surface area contributed by atoms with Gasteiger partial charge in [0.2, 0.25) is 0 Å². The molecule has 0 radical (unpaired) electrons. The van der Waals surface area contributed by atoms with E-state index in [9.17, 15) is 4.57 Å². The largest absolute Gasteiger partial charge is 0.428 e. The highest BCUT2D eigenvalue weighted by atomic mass is 32.2. The van der Waals surface area contributed by atoms with Crippen LogP contribution in [0.3, 0.4) is 0 Å². The van der Waals surface area contributed by atoms with Crippen molar-refractivity contribution in [1.29, 1.82) is 0 Å². The van der Waals surface area contributed by atoms with Gasteiger partial charge in [0.1, 0.15) is 0 Å². The Kier molecular flexibility index (Phi) is 2.78. The minimum atomic E-state index is -3.26. The van der Waals surface area contributed by atoms with Crippen LogP contribution in [0.2, 0.25) is 0 Å². The third-order valence-corrected chi connectivity index (χ3v) is 5.72. The number of rotatable bonds is 3. The number of nitrogens with two attached hydrogens (primary N) is 1. The van der Waals surface area contributed by atoms with E-state index in [1.54, 1.807) is 5.38 Å². The van der Waals surface area contributed by atoms with Gasteiger partial charge < -0.3 is 14.8 Å². The zero-order valence-electron chi connectivity index (χ0n) is 8.04. The zero-order valence-corrected chi connectivity index (χ0v) is 10.6. The molecule has 0 bridgehead atoms. The van der Waals surface area contributed by atoms with Crippen LogP contribution in [-0.4, -0.2) is 19.3 Å². The van der Waals surface area contributed by atoms with Gasteiger partial charge in [-0.3, -0.25) is 0 Å². The molecule has 0 aliphatic heterocycles. The highest BCUT2D eigenvalue weighted by Gasteiger charge is 2.38. The Hall–Kier alpha value is -0.530. The van der Waals surface area contributed by atoms with E-state index in [4.69, 9.17) is 14.8 Å². The molecule has 0 atom stereocenters. The van der Waals surface area contributed by atoms with Crippen LogP contribution in [0, 0.1) is 0 Å². The molecule has 2 heterocycles. The molecule has 2 aromatic heterocycles. The summed E-state index contributed by atoms with van der Waals surface area (Å²) in [6, 6.07) is 0. The SMILES string of the molecule is COP(=O)(OC)c1csc2sc(N)n[n+]12. The van der Waals surface area contributed by atoms with Crippen molar-refractivity contribution in [2.45, 2.75) is 0 Å². The predicted octanol–water partition coefficient (Wildman–Crippen LogP) is 0.637. The highest BCUT2D eigenvalue weighted by Crippen LogP contribution is 2.44. The summed E-state index contributed by atoms with van der Waals surface area (Å²) in [7, 11) is -0.581. The van der Waals surface area contributed by atoms with Crippen molar-refractivity contribution in [1.82, 2.24) is 5.10 Å². The minimum Gasteiger partial charge on any atom is -0.370 e. The maximum atomic E-state index is 12.1. The molecular weight excluding hydrogens is 257 g/mol. The van der Waals surface area contributed by atoms with E-state index in [1.807, 2.05) is 0 Å². The fourth-order valence-corrected chi connectivity index (χ4v) is 4.48. The molecule has 0 aliphatic rings. The van der Waals surface area contributed by atoms with Crippen molar-refractivity contribution < 1.29 is 18.1 Å². The fraction of sp³-hybridized carbons (Fsp3) is 0.333. The second kappa shape index (κ2) is 3.80. The molecule has 0 aliphatic carbocycles.